The van der Waals surface area contributed by atoms with E-state index >= 15 is 0 Å². The summed E-state index contributed by atoms with van der Waals surface area (Å²) >= 11 is 1.58. The van der Waals surface area contributed by atoms with Gasteiger partial charge in [-0.2, -0.15) is 11.3 Å². The third-order valence-corrected chi connectivity index (χ3v) is 7.23. The number of carbonyl (C=O) groups is 2. The van der Waals surface area contributed by atoms with Gasteiger partial charge in [0.15, 0.2) is 0 Å². The van der Waals surface area contributed by atoms with Crippen molar-refractivity contribution in [2.75, 3.05) is 26.7 Å². The molecule has 0 radical (unpaired) electrons. The Balaban J connectivity index is 1.72. The summed E-state index contributed by atoms with van der Waals surface area (Å²) in [7, 11) is 1.63. The van der Waals surface area contributed by atoms with Crippen LogP contribution in [0.5, 0.6) is 5.75 Å². The number of ether oxygens (including phenoxy) is 1. The second-order valence-electron chi connectivity index (χ2n) is 9.85. The molecule has 2 aromatic carbocycles. The zero-order valence-electron chi connectivity index (χ0n) is 23.4. The lowest BCUT2D eigenvalue weighted by molar-refractivity contribution is 0.0755. The monoisotopic (exact) mass is 551 g/mol. The predicted octanol–water partition coefficient (Wildman–Crippen LogP) is 4.82. The van der Waals surface area contributed by atoms with Crippen LogP contribution in [0.2, 0.25) is 0 Å². The number of thiophene rings is 1. The van der Waals surface area contributed by atoms with Crippen LogP contribution in [0.25, 0.3) is 0 Å². The first-order chi connectivity index (χ1) is 18.8. The summed E-state index contributed by atoms with van der Waals surface area (Å²) in [5.41, 5.74) is 3.85. The number of benzene rings is 2. The number of hydrogen-bond acceptors (Lipinski definition) is 6. The van der Waals surface area contributed by atoms with Crippen LogP contribution in [0.3, 0.4) is 0 Å². The molecule has 0 unspecified atom stereocenters. The molecule has 3 aromatic rings. The molecule has 0 spiro atoms. The average Bonchev–Trinajstić information content (AvgIpc) is 3.45. The molecule has 0 aliphatic heterocycles. The summed E-state index contributed by atoms with van der Waals surface area (Å²) in [4.78, 5) is 28.5. The molecule has 0 saturated carbocycles. The highest BCUT2D eigenvalue weighted by molar-refractivity contribution is 7.07. The van der Waals surface area contributed by atoms with Crippen molar-refractivity contribution in [3.8, 4) is 5.75 Å². The Hall–Kier alpha value is -3.20. The summed E-state index contributed by atoms with van der Waals surface area (Å²) in [6.07, 6.45) is 1.42. The molecule has 0 saturated heterocycles. The van der Waals surface area contributed by atoms with E-state index in [1.54, 1.807) is 30.6 Å². The number of nitrogens with one attached hydrogen (secondary N) is 2. The number of rotatable bonds is 15. The Labute approximate surface area is 236 Å². The van der Waals surface area contributed by atoms with Gasteiger partial charge in [0.1, 0.15) is 5.75 Å². The summed E-state index contributed by atoms with van der Waals surface area (Å²) in [6, 6.07) is 14.5. The average molecular weight is 552 g/mol. The van der Waals surface area contributed by atoms with Gasteiger partial charge in [-0.3, -0.25) is 9.59 Å². The van der Waals surface area contributed by atoms with Crippen LogP contribution in [0, 0.1) is 6.92 Å². The molecule has 2 amide bonds. The van der Waals surface area contributed by atoms with Gasteiger partial charge < -0.3 is 25.4 Å². The first-order valence-corrected chi connectivity index (χ1v) is 14.5. The topological polar surface area (TPSA) is 90.9 Å². The minimum Gasteiger partial charge on any atom is -0.497 e. The zero-order chi connectivity index (χ0) is 28.2. The number of aryl methyl sites for hydroxylation is 1. The third-order valence-electron chi connectivity index (χ3n) is 6.49. The van der Waals surface area contributed by atoms with Gasteiger partial charge in [0.25, 0.3) is 11.8 Å². The Bertz CT molecular complexity index is 1190. The lowest BCUT2D eigenvalue weighted by atomic mass is 10.0. The number of amides is 2. The van der Waals surface area contributed by atoms with E-state index < -0.39 is 12.1 Å². The third kappa shape index (κ3) is 9.20. The number of nitrogens with zero attached hydrogens (tertiary/aromatic N) is 1. The Morgan fingerprint density at radius 3 is 2.44 bits per heavy atom. The summed E-state index contributed by atoms with van der Waals surface area (Å²) < 4.78 is 5.29. The van der Waals surface area contributed by atoms with Crippen molar-refractivity contribution >= 4 is 23.2 Å². The van der Waals surface area contributed by atoms with E-state index in [0.717, 1.165) is 35.3 Å². The van der Waals surface area contributed by atoms with Crippen LogP contribution < -0.4 is 15.4 Å². The standard InChI is InChI=1S/C31H41N3O4S/c1-5-11-34(12-6-2)31(37)26-15-22(3)14-25(18-26)30(36)33-28(17-24-10-13-39-21-24)29(35)20-32-19-23-8-7-9-27(16-23)38-4/h7-10,13-16,18,21,28-29,32,35H,5-6,11-12,17,19-20H2,1-4H3,(H,33,36)/t28-,29+/m0/s1. The molecular weight excluding hydrogens is 510 g/mol. The molecule has 0 bridgehead atoms. The highest BCUT2D eigenvalue weighted by Gasteiger charge is 2.24. The first kappa shape index (κ1) is 30.3. The molecule has 1 aromatic heterocycles. The molecule has 1 heterocycles. The highest BCUT2D eigenvalue weighted by atomic mass is 32.1. The van der Waals surface area contributed by atoms with Crippen LogP contribution in [-0.2, 0) is 13.0 Å². The second kappa shape index (κ2) is 15.4. The van der Waals surface area contributed by atoms with E-state index in [1.165, 1.54) is 0 Å². The van der Waals surface area contributed by atoms with Crippen LogP contribution in [-0.4, -0.2) is 60.7 Å². The zero-order valence-corrected chi connectivity index (χ0v) is 24.2. The summed E-state index contributed by atoms with van der Waals surface area (Å²) in [5, 5.41) is 21.5. The highest BCUT2D eigenvalue weighted by Crippen LogP contribution is 2.16. The molecular formula is C31H41N3O4S. The van der Waals surface area contributed by atoms with Crippen LogP contribution in [0.1, 0.15) is 64.1 Å². The van der Waals surface area contributed by atoms with Gasteiger partial charge in [0.2, 0.25) is 0 Å². The Kier molecular flexibility index (Phi) is 12.0. The van der Waals surface area contributed by atoms with Crippen LogP contribution in [0.4, 0.5) is 0 Å². The van der Waals surface area contributed by atoms with Crippen molar-refractivity contribution in [2.45, 2.75) is 58.7 Å². The van der Waals surface area contributed by atoms with Crippen LogP contribution in [0.15, 0.2) is 59.3 Å². The van der Waals surface area contributed by atoms with Gasteiger partial charge in [-0.05, 0) is 90.0 Å². The quantitative estimate of drug-likeness (QED) is 0.252. The van der Waals surface area contributed by atoms with Gasteiger partial charge >= 0.3 is 0 Å². The van der Waals surface area contributed by atoms with Crippen LogP contribution >= 0.6 is 11.3 Å². The maximum atomic E-state index is 13.4. The lowest BCUT2D eigenvalue weighted by Crippen LogP contribution is -2.48. The molecule has 2 atom stereocenters. The largest absolute Gasteiger partial charge is 0.497 e. The van der Waals surface area contributed by atoms with Crippen molar-refractivity contribution in [3.05, 3.63) is 87.1 Å². The van der Waals surface area contributed by atoms with E-state index in [4.69, 9.17) is 4.74 Å². The fraction of sp³-hybridized carbons (Fsp3) is 0.419. The number of carbonyl (C=O) groups excluding carboxylic acids is 2. The van der Waals surface area contributed by atoms with E-state index in [0.29, 0.717) is 43.7 Å². The maximum Gasteiger partial charge on any atom is 0.253 e. The lowest BCUT2D eigenvalue weighted by Gasteiger charge is -2.25. The van der Waals surface area contributed by atoms with Crippen molar-refractivity contribution in [2.24, 2.45) is 0 Å². The molecule has 39 heavy (non-hydrogen) atoms. The minimum atomic E-state index is -0.824. The summed E-state index contributed by atoms with van der Waals surface area (Å²) in [5.74, 6) is 0.409. The normalized spacial score (nSPS) is 12.5. The molecule has 0 fully saturated rings. The minimum absolute atomic E-state index is 0.0620. The smallest absolute Gasteiger partial charge is 0.253 e. The molecule has 3 N–H and O–H groups in total. The number of aliphatic hydroxyl groups is 1. The van der Waals surface area contributed by atoms with Crippen molar-refractivity contribution in [1.29, 1.82) is 0 Å². The number of aliphatic hydroxyl groups excluding tert-OH is 1. The van der Waals surface area contributed by atoms with E-state index in [-0.39, 0.29) is 11.8 Å². The molecule has 0 aliphatic rings. The Morgan fingerprint density at radius 2 is 1.77 bits per heavy atom. The summed E-state index contributed by atoms with van der Waals surface area (Å²) in [6.45, 7) is 8.21. The molecule has 7 nitrogen and oxygen atoms in total. The van der Waals surface area contributed by atoms with E-state index in [2.05, 4.69) is 24.5 Å². The van der Waals surface area contributed by atoms with Gasteiger partial charge in [0.05, 0.1) is 19.3 Å². The van der Waals surface area contributed by atoms with E-state index in [1.807, 2.05) is 59.0 Å². The van der Waals surface area contributed by atoms with Gasteiger partial charge in [-0.25, -0.2) is 0 Å². The molecule has 0 aliphatic carbocycles. The molecule has 3 rings (SSSR count). The van der Waals surface area contributed by atoms with Crippen molar-refractivity contribution in [1.82, 2.24) is 15.5 Å². The fourth-order valence-corrected chi connectivity index (χ4v) is 5.24. The van der Waals surface area contributed by atoms with Crippen molar-refractivity contribution in [3.63, 3.8) is 0 Å². The van der Waals surface area contributed by atoms with E-state index in [9.17, 15) is 14.7 Å². The number of methoxy groups -OCH3 is 1. The SMILES string of the molecule is CCCN(CCC)C(=O)c1cc(C)cc(C(=O)N[C@@H](Cc2ccsc2)[C@H](O)CNCc2cccc(OC)c2)c1. The van der Waals surface area contributed by atoms with Gasteiger partial charge in [0, 0.05) is 37.3 Å². The first-order valence-electron chi connectivity index (χ1n) is 13.6. The second-order valence-corrected chi connectivity index (χ2v) is 10.6. The maximum absolute atomic E-state index is 13.4. The van der Waals surface area contributed by atoms with Crippen molar-refractivity contribution < 1.29 is 19.4 Å². The van der Waals surface area contributed by atoms with Gasteiger partial charge in [-0.1, -0.05) is 26.0 Å². The molecule has 210 valence electrons. The predicted molar refractivity (Wildman–Crippen MR) is 158 cm³/mol. The fourth-order valence-electron chi connectivity index (χ4n) is 4.56. The molecule has 8 heteroatoms. The van der Waals surface area contributed by atoms with Gasteiger partial charge in [-0.15, -0.1) is 0 Å². The Morgan fingerprint density at radius 1 is 1.03 bits per heavy atom. The number of hydrogen-bond donors (Lipinski definition) is 3.